The summed E-state index contributed by atoms with van der Waals surface area (Å²) < 4.78 is 0. The zero-order valence-electron chi connectivity index (χ0n) is 9.99. The van der Waals surface area contributed by atoms with E-state index >= 15 is 0 Å². The van der Waals surface area contributed by atoms with Crippen molar-refractivity contribution in [3.05, 3.63) is 36.9 Å². The zero-order valence-corrected chi connectivity index (χ0v) is 9.99. The van der Waals surface area contributed by atoms with Crippen LogP contribution >= 0.6 is 0 Å². The first-order chi connectivity index (χ1) is 8.02. The van der Waals surface area contributed by atoms with E-state index in [2.05, 4.69) is 17.2 Å². The minimum Gasteiger partial charge on any atom is -0.326 e. The molecule has 0 unspecified atom stereocenters. The van der Waals surface area contributed by atoms with Crippen LogP contribution in [0.15, 0.2) is 36.9 Å². The molecule has 0 radical (unpaired) electrons. The SMILES string of the molecule is C=CC(=O)Nc1cccc(NC(=O)C(C)C)c1. The molecule has 0 aliphatic heterocycles. The molecular formula is C13H16N2O2. The number of hydrogen-bond acceptors (Lipinski definition) is 2. The highest BCUT2D eigenvalue weighted by Gasteiger charge is 2.07. The maximum absolute atomic E-state index is 11.5. The van der Waals surface area contributed by atoms with Crippen LogP contribution in [0.2, 0.25) is 0 Å². The first kappa shape index (κ1) is 13.0. The van der Waals surface area contributed by atoms with Crippen molar-refractivity contribution < 1.29 is 9.59 Å². The second kappa shape index (κ2) is 5.84. The Morgan fingerprint density at radius 1 is 1.24 bits per heavy atom. The van der Waals surface area contributed by atoms with Crippen molar-refractivity contribution in [3.63, 3.8) is 0 Å². The predicted molar refractivity (Wildman–Crippen MR) is 68.7 cm³/mol. The van der Waals surface area contributed by atoms with Gasteiger partial charge in [-0.1, -0.05) is 26.5 Å². The van der Waals surface area contributed by atoms with Gasteiger partial charge in [0, 0.05) is 17.3 Å². The molecule has 0 aliphatic rings. The monoisotopic (exact) mass is 232 g/mol. The zero-order chi connectivity index (χ0) is 12.8. The van der Waals surface area contributed by atoms with Gasteiger partial charge < -0.3 is 10.6 Å². The Balaban J connectivity index is 2.75. The van der Waals surface area contributed by atoms with E-state index in [1.54, 1.807) is 24.3 Å². The van der Waals surface area contributed by atoms with Crippen LogP contribution in [0, 0.1) is 5.92 Å². The highest BCUT2D eigenvalue weighted by Crippen LogP contribution is 2.15. The smallest absolute Gasteiger partial charge is 0.247 e. The Kier molecular flexibility index (Phi) is 4.46. The van der Waals surface area contributed by atoms with Crippen molar-refractivity contribution >= 4 is 23.2 Å². The lowest BCUT2D eigenvalue weighted by Crippen LogP contribution is -2.17. The van der Waals surface area contributed by atoms with Crippen LogP contribution in [-0.2, 0) is 9.59 Å². The van der Waals surface area contributed by atoms with Gasteiger partial charge in [0.05, 0.1) is 0 Å². The maximum Gasteiger partial charge on any atom is 0.247 e. The highest BCUT2D eigenvalue weighted by atomic mass is 16.2. The quantitative estimate of drug-likeness (QED) is 0.783. The van der Waals surface area contributed by atoms with E-state index in [1.165, 1.54) is 6.08 Å². The fourth-order valence-corrected chi connectivity index (χ4v) is 1.15. The molecule has 0 saturated carbocycles. The highest BCUT2D eigenvalue weighted by molar-refractivity contribution is 5.99. The number of carbonyl (C=O) groups excluding carboxylic acids is 2. The van der Waals surface area contributed by atoms with Crippen LogP contribution in [0.4, 0.5) is 11.4 Å². The van der Waals surface area contributed by atoms with E-state index in [1.807, 2.05) is 13.8 Å². The molecule has 2 N–H and O–H groups in total. The number of rotatable bonds is 4. The van der Waals surface area contributed by atoms with Gasteiger partial charge in [-0.25, -0.2) is 0 Å². The van der Waals surface area contributed by atoms with Gasteiger partial charge >= 0.3 is 0 Å². The average molecular weight is 232 g/mol. The molecule has 0 bridgehead atoms. The summed E-state index contributed by atoms with van der Waals surface area (Å²) in [4.78, 5) is 22.6. The third kappa shape index (κ3) is 4.10. The van der Waals surface area contributed by atoms with E-state index in [0.29, 0.717) is 11.4 Å². The molecule has 0 saturated heterocycles. The summed E-state index contributed by atoms with van der Waals surface area (Å²) in [6.45, 7) is 7.01. The van der Waals surface area contributed by atoms with Crippen molar-refractivity contribution in [3.8, 4) is 0 Å². The second-order valence-electron chi connectivity index (χ2n) is 3.92. The Hall–Kier alpha value is -2.10. The van der Waals surface area contributed by atoms with Gasteiger partial charge in [-0.3, -0.25) is 9.59 Å². The summed E-state index contributed by atoms with van der Waals surface area (Å²) in [5.74, 6) is -0.420. The van der Waals surface area contributed by atoms with Gasteiger partial charge in [-0.05, 0) is 24.3 Å². The molecule has 0 atom stereocenters. The number of anilines is 2. The largest absolute Gasteiger partial charge is 0.326 e. The number of nitrogens with one attached hydrogen (secondary N) is 2. The lowest BCUT2D eigenvalue weighted by molar-refractivity contribution is -0.119. The third-order valence-corrected chi connectivity index (χ3v) is 2.11. The molecular weight excluding hydrogens is 216 g/mol. The summed E-state index contributed by atoms with van der Waals surface area (Å²) in [6.07, 6.45) is 1.19. The molecule has 1 aromatic carbocycles. The van der Waals surface area contributed by atoms with E-state index in [4.69, 9.17) is 0 Å². The number of amides is 2. The normalized spacial score (nSPS) is 9.82. The first-order valence-electron chi connectivity index (χ1n) is 5.37. The minimum absolute atomic E-state index is 0.0582. The molecule has 0 spiro atoms. The lowest BCUT2D eigenvalue weighted by atomic mass is 10.2. The number of carbonyl (C=O) groups is 2. The van der Waals surface area contributed by atoms with Gasteiger partial charge in [-0.15, -0.1) is 0 Å². The third-order valence-electron chi connectivity index (χ3n) is 2.11. The summed E-state index contributed by atoms with van der Waals surface area (Å²) in [7, 11) is 0. The summed E-state index contributed by atoms with van der Waals surface area (Å²) >= 11 is 0. The molecule has 17 heavy (non-hydrogen) atoms. The van der Waals surface area contributed by atoms with Crippen molar-refractivity contribution in [2.75, 3.05) is 10.6 Å². The van der Waals surface area contributed by atoms with Crippen LogP contribution in [0.25, 0.3) is 0 Å². The standard InChI is InChI=1S/C13H16N2O2/c1-4-12(16)14-10-6-5-7-11(8-10)15-13(17)9(2)3/h4-9H,1H2,2-3H3,(H,14,16)(H,15,17). The Morgan fingerprint density at radius 2 is 1.82 bits per heavy atom. The number of hydrogen-bond donors (Lipinski definition) is 2. The van der Waals surface area contributed by atoms with Crippen LogP contribution in [-0.4, -0.2) is 11.8 Å². The van der Waals surface area contributed by atoms with Crippen LogP contribution < -0.4 is 10.6 Å². The van der Waals surface area contributed by atoms with Crippen LogP contribution in [0.1, 0.15) is 13.8 Å². The van der Waals surface area contributed by atoms with Gasteiger partial charge in [0.15, 0.2) is 0 Å². The van der Waals surface area contributed by atoms with Gasteiger partial charge in [-0.2, -0.15) is 0 Å². The average Bonchev–Trinajstić information content (AvgIpc) is 2.29. The van der Waals surface area contributed by atoms with Gasteiger partial charge in [0.2, 0.25) is 11.8 Å². The Bertz CT molecular complexity index is 439. The molecule has 4 nitrogen and oxygen atoms in total. The fraction of sp³-hybridized carbons (Fsp3) is 0.231. The molecule has 90 valence electrons. The maximum atomic E-state index is 11.5. The van der Waals surface area contributed by atoms with E-state index in [0.717, 1.165) is 0 Å². The van der Waals surface area contributed by atoms with Crippen LogP contribution in [0.5, 0.6) is 0 Å². The molecule has 4 heteroatoms. The second-order valence-corrected chi connectivity index (χ2v) is 3.92. The molecule has 0 aliphatic carbocycles. The van der Waals surface area contributed by atoms with E-state index < -0.39 is 0 Å². The van der Waals surface area contributed by atoms with Crippen molar-refractivity contribution in [1.82, 2.24) is 0 Å². The summed E-state index contributed by atoms with van der Waals surface area (Å²) in [5, 5.41) is 5.38. The summed E-state index contributed by atoms with van der Waals surface area (Å²) in [6, 6.07) is 6.96. The molecule has 1 aromatic rings. The summed E-state index contributed by atoms with van der Waals surface area (Å²) in [5.41, 5.74) is 1.28. The fourth-order valence-electron chi connectivity index (χ4n) is 1.15. The van der Waals surface area contributed by atoms with Crippen molar-refractivity contribution in [1.29, 1.82) is 0 Å². The van der Waals surface area contributed by atoms with Crippen molar-refractivity contribution in [2.24, 2.45) is 5.92 Å². The molecule has 0 aromatic heterocycles. The Morgan fingerprint density at radius 3 is 2.35 bits per heavy atom. The minimum atomic E-state index is -0.280. The van der Waals surface area contributed by atoms with E-state index in [9.17, 15) is 9.59 Å². The van der Waals surface area contributed by atoms with E-state index in [-0.39, 0.29) is 17.7 Å². The first-order valence-corrected chi connectivity index (χ1v) is 5.37. The Labute approximate surface area is 101 Å². The predicted octanol–water partition coefficient (Wildman–Crippen LogP) is 2.41. The van der Waals surface area contributed by atoms with Crippen LogP contribution in [0.3, 0.4) is 0 Å². The molecule has 0 fully saturated rings. The molecule has 0 heterocycles. The van der Waals surface area contributed by atoms with Gasteiger partial charge in [0.1, 0.15) is 0 Å². The molecule has 1 rings (SSSR count). The number of benzene rings is 1. The topological polar surface area (TPSA) is 58.2 Å². The van der Waals surface area contributed by atoms with Gasteiger partial charge in [0.25, 0.3) is 0 Å². The van der Waals surface area contributed by atoms with Crippen molar-refractivity contribution in [2.45, 2.75) is 13.8 Å². The lowest BCUT2D eigenvalue weighted by Gasteiger charge is -2.09. The molecule has 2 amide bonds.